The van der Waals surface area contributed by atoms with Gasteiger partial charge in [-0.3, -0.25) is 4.79 Å². The van der Waals surface area contributed by atoms with E-state index in [4.69, 9.17) is 0 Å². The first-order valence-corrected chi connectivity index (χ1v) is 8.10. The summed E-state index contributed by atoms with van der Waals surface area (Å²) in [6.45, 7) is 4.63. The summed E-state index contributed by atoms with van der Waals surface area (Å²) in [4.78, 5) is 22.0. The molecule has 0 aliphatic carbocycles. The minimum atomic E-state index is 0.0896. The number of nitrogens with zero attached hydrogens (tertiary/aromatic N) is 2. The van der Waals surface area contributed by atoms with E-state index < -0.39 is 0 Å². The molecule has 1 unspecified atom stereocenters. The van der Waals surface area contributed by atoms with Crippen LogP contribution in [0, 0.1) is 12.8 Å². The summed E-state index contributed by atoms with van der Waals surface area (Å²) in [5.74, 6) is 0.654. The molecule has 1 aliphatic heterocycles. The highest BCUT2D eigenvalue weighted by atomic mass is 32.1. The van der Waals surface area contributed by atoms with Crippen molar-refractivity contribution in [1.82, 2.24) is 20.2 Å². The van der Waals surface area contributed by atoms with Crippen molar-refractivity contribution < 1.29 is 4.79 Å². The van der Waals surface area contributed by atoms with Crippen molar-refractivity contribution in [2.75, 3.05) is 26.7 Å². The largest absolute Gasteiger partial charge is 0.357 e. The molecule has 0 spiro atoms. The Hall–Kier alpha value is -1.66. The fourth-order valence-electron chi connectivity index (χ4n) is 2.80. The number of thiazole rings is 1. The van der Waals surface area contributed by atoms with Gasteiger partial charge in [-0.15, -0.1) is 11.3 Å². The van der Waals surface area contributed by atoms with Crippen molar-refractivity contribution in [1.29, 1.82) is 0 Å². The van der Waals surface area contributed by atoms with Gasteiger partial charge in [0.2, 0.25) is 0 Å². The van der Waals surface area contributed by atoms with Crippen LogP contribution in [0.1, 0.15) is 21.9 Å². The summed E-state index contributed by atoms with van der Waals surface area (Å²) in [6.07, 6.45) is 2.94. The van der Waals surface area contributed by atoms with Crippen LogP contribution >= 0.6 is 11.3 Å². The van der Waals surface area contributed by atoms with Gasteiger partial charge in [-0.2, -0.15) is 0 Å². The summed E-state index contributed by atoms with van der Waals surface area (Å²) in [7, 11) is 1.96. The van der Waals surface area contributed by atoms with Gasteiger partial charge in [0.15, 0.2) is 0 Å². The quantitative estimate of drug-likeness (QED) is 0.909. The number of carbonyl (C=O) groups is 1. The summed E-state index contributed by atoms with van der Waals surface area (Å²) in [5.41, 5.74) is 2.57. The van der Waals surface area contributed by atoms with Crippen LogP contribution in [0.2, 0.25) is 0 Å². The zero-order valence-electron chi connectivity index (χ0n) is 12.3. The van der Waals surface area contributed by atoms with Crippen molar-refractivity contribution in [3.05, 3.63) is 28.3 Å². The van der Waals surface area contributed by atoms with E-state index in [0.717, 1.165) is 42.3 Å². The molecular formula is C15H20N4OS. The van der Waals surface area contributed by atoms with Crippen molar-refractivity contribution in [2.24, 2.45) is 5.92 Å². The molecule has 2 aromatic rings. The minimum absolute atomic E-state index is 0.0896. The molecule has 1 saturated heterocycles. The van der Waals surface area contributed by atoms with Crippen molar-refractivity contribution >= 4 is 17.2 Å². The molecule has 112 valence electrons. The smallest absolute Gasteiger partial charge is 0.270 e. The number of nitrogens with one attached hydrogen (secondary N) is 2. The number of hydrogen-bond acceptors (Lipinski definition) is 4. The van der Waals surface area contributed by atoms with E-state index >= 15 is 0 Å². The molecule has 5 nitrogen and oxygen atoms in total. The standard InChI is InChI=1S/C15H20N4OS/c1-10-18-14(9-21-10)12-5-13(17-7-12)15(20)19-4-3-11(8-19)6-16-2/h5,7,9,11,16-17H,3-4,6,8H2,1-2H3. The van der Waals surface area contributed by atoms with E-state index in [1.807, 2.05) is 36.5 Å². The monoisotopic (exact) mass is 304 g/mol. The number of carbonyl (C=O) groups excluding carboxylic acids is 1. The molecule has 1 aliphatic rings. The van der Waals surface area contributed by atoms with Gasteiger partial charge in [0, 0.05) is 30.2 Å². The van der Waals surface area contributed by atoms with Crippen molar-refractivity contribution in [2.45, 2.75) is 13.3 Å². The predicted octanol–water partition coefficient (Wildman–Crippen LogP) is 2.13. The van der Waals surface area contributed by atoms with E-state index in [-0.39, 0.29) is 5.91 Å². The molecule has 1 atom stereocenters. The molecule has 0 saturated carbocycles. The lowest BCUT2D eigenvalue weighted by Crippen LogP contribution is -2.30. The van der Waals surface area contributed by atoms with Gasteiger partial charge in [-0.1, -0.05) is 0 Å². The Morgan fingerprint density at radius 3 is 3.19 bits per heavy atom. The van der Waals surface area contributed by atoms with Crippen LogP contribution in [0.25, 0.3) is 11.3 Å². The molecule has 0 aromatic carbocycles. The molecule has 0 bridgehead atoms. The number of hydrogen-bond donors (Lipinski definition) is 2. The summed E-state index contributed by atoms with van der Waals surface area (Å²) >= 11 is 1.62. The molecule has 1 amide bonds. The first kappa shape index (κ1) is 14.3. The number of H-pyrrole nitrogens is 1. The van der Waals surface area contributed by atoms with Crippen LogP contribution in [0.4, 0.5) is 0 Å². The second-order valence-corrected chi connectivity index (χ2v) is 6.58. The summed E-state index contributed by atoms with van der Waals surface area (Å²) in [6, 6.07) is 1.90. The molecule has 2 aromatic heterocycles. The lowest BCUT2D eigenvalue weighted by atomic mass is 10.1. The molecule has 3 heterocycles. The molecule has 21 heavy (non-hydrogen) atoms. The summed E-state index contributed by atoms with van der Waals surface area (Å²) < 4.78 is 0. The van der Waals surface area contributed by atoms with Gasteiger partial charge < -0.3 is 15.2 Å². The van der Waals surface area contributed by atoms with E-state index in [1.165, 1.54) is 0 Å². The zero-order chi connectivity index (χ0) is 14.8. The highest BCUT2D eigenvalue weighted by Crippen LogP contribution is 2.24. The average Bonchev–Trinajstić information content (AvgIpc) is 3.17. The van der Waals surface area contributed by atoms with Crippen LogP contribution < -0.4 is 5.32 Å². The number of aromatic nitrogens is 2. The Kier molecular flexibility index (Phi) is 4.07. The highest BCUT2D eigenvalue weighted by molar-refractivity contribution is 7.09. The molecular weight excluding hydrogens is 284 g/mol. The van der Waals surface area contributed by atoms with Gasteiger partial charge in [0.1, 0.15) is 5.69 Å². The van der Waals surface area contributed by atoms with Crippen molar-refractivity contribution in [3.8, 4) is 11.3 Å². The van der Waals surface area contributed by atoms with Gasteiger partial charge in [-0.05, 0) is 38.9 Å². The van der Waals surface area contributed by atoms with E-state index in [2.05, 4.69) is 15.3 Å². The third-order valence-electron chi connectivity index (χ3n) is 3.89. The topological polar surface area (TPSA) is 61.0 Å². The zero-order valence-corrected chi connectivity index (χ0v) is 13.2. The third kappa shape index (κ3) is 3.01. The predicted molar refractivity (Wildman–Crippen MR) is 84.6 cm³/mol. The first-order valence-electron chi connectivity index (χ1n) is 7.22. The number of aromatic amines is 1. The maximum absolute atomic E-state index is 12.5. The SMILES string of the molecule is CNCC1CCN(C(=O)c2cc(-c3csc(C)n3)c[nH]2)C1. The summed E-state index contributed by atoms with van der Waals surface area (Å²) in [5, 5.41) is 6.24. The average molecular weight is 304 g/mol. The maximum atomic E-state index is 12.5. The molecule has 3 rings (SSSR count). The Morgan fingerprint density at radius 2 is 2.48 bits per heavy atom. The van der Waals surface area contributed by atoms with Crippen LogP contribution in [0.3, 0.4) is 0 Å². The minimum Gasteiger partial charge on any atom is -0.357 e. The first-order chi connectivity index (χ1) is 10.2. The van der Waals surface area contributed by atoms with Gasteiger partial charge in [0.25, 0.3) is 5.91 Å². The highest BCUT2D eigenvalue weighted by Gasteiger charge is 2.27. The molecule has 6 heteroatoms. The second kappa shape index (κ2) is 5.99. The normalized spacial score (nSPS) is 18.4. The van der Waals surface area contributed by atoms with Crippen LogP contribution in [0.5, 0.6) is 0 Å². The van der Waals surface area contributed by atoms with Crippen molar-refractivity contribution in [3.63, 3.8) is 0 Å². The van der Waals surface area contributed by atoms with E-state index in [0.29, 0.717) is 11.6 Å². The second-order valence-electron chi connectivity index (χ2n) is 5.52. The molecule has 1 fully saturated rings. The lowest BCUT2D eigenvalue weighted by Gasteiger charge is -2.15. The van der Waals surface area contributed by atoms with Gasteiger partial charge in [0.05, 0.1) is 10.7 Å². The molecule has 0 radical (unpaired) electrons. The lowest BCUT2D eigenvalue weighted by molar-refractivity contribution is 0.0782. The van der Waals surface area contributed by atoms with Gasteiger partial charge >= 0.3 is 0 Å². The fraction of sp³-hybridized carbons (Fsp3) is 0.467. The van der Waals surface area contributed by atoms with E-state index in [1.54, 1.807) is 11.3 Å². The number of likely N-dealkylation sites (tertiary alicyclic amines) is 1. The fourth-order valence-corrected chi connectivity index (χ4v) is 3.43. The molecule has 2 N–H and O–H groups in total. The van der Waals surface area contributed by atoms with E-state index in [9.17, 15) is 4.79 Å². The van der Waals surface area contributed by atoms with Gasteiger partial charge in [-0.25, -0.2) is 4.98 Å². The van der Waals surface area contributed by atoms with Crippen LogP contribution in [-0.2, 0) is 0 Å². The van der Waals surface area contributed by atoms with Crippen LogP contribution in [-0.4, -0.2) is 47.5 Å². The van der Waals surface area contributed by atoms with Crippen LogP contribution in [0.15, 0.2) is 17.6 Å². The Morgan fingerprint density at radius 1 is 1.62 bits per heavy atom. The number of amides is 1. The maximum Gasteiger partial charge on any atom is 0.270 e. The Bertz CT molecular complexity index is 633. The number of aryl methyl sites for hydroxylation is 1. The third-order valence-corrected chi connectivity index (χ3v) is 4.67. The Balaban J connectivity index is 1.70. The Labute approximate surface area is 128 Å². The number of rotatable bonds is 4.